The molecule has 17 heteroatoms. The van der Waals surface area contributed by atoms with Crippen molar-refractivity contribution in [3.05, 3.63) is 76.1 Å². The number of nitrogens with zero attached hydrogens (tertiary/aromatic N) is 3. The van der Waals surface area contributed by atoms with Gasteiger partial charge >= 0.3 is 17.8 Å². The molecule has 0 aliphatic carbocycles. The van der Waals surface area contributed by atoms with Gasteiger partial charge in [-0.15, -0.1) is 5.10 Å². The molecule has 2 aromatic carbocycles. The number of benzene rings is 2. The number of H-pyrrole nitrogens is 1. The summed E-state index contributed by atoms with van der Waals surface area (Å²) < 4.78 is 59.0. The molecule has 13 nitrogen and oxygen atoms in total. The lowest BCUT2D eigenvalue weighted by Gasteiger charge is -2.16. The third-order valence-corrected chi connectivity index (χ3v) is 5.48. The first-order valence-corrected chi connectivity index (χ1v) is 11.6. The minimum Gasteiger partial charge on any atom is -0.496 e. The summed E-state index contributed by atoms with van der Waals surface area (Å²) in [7, 11) is 2.73. The number of alkyl halides is 3. The predicted octanol–water partition coefficient (Wildman–Crippen LogP) is 2.89. The monoisotopic (exact) mass is 592 g/mol. The Bertz CT molecular complexity index is 1650. The molecule has 0 aliphatic heterocycles. The van der Waals surface area contributed by atoms with E-state index in [0.29, 0.717) is 11.3 Å². The quantitative estimate of drug-likeness (QED) is 0.100. The molecule has 0 unspecified atom stereocenters. The zero-order chi connectivity index (χ0) is 31.2. The second-order valence-corrected chi connectivity index (χ2v) is 8.21. The molecule has 0 atom stereocenters. The van der Waals surface area contributed by atoms with E-state index in [-0.39, 0.29) is 52.3 Å². The first-order chi connectivity index (χ1) is 19.8. The number of halogens is 4. The van der Waals surface area contributed by atoms with Crippen molar-refractivity contribution in [3.8, 4) is 28.7 Å². The van der Waals surface area contributed by atoms with Crippen LogP contribution in [-0.4, -0.2) is 57.1 Å². The Hall–Kier alpha value is -5.61. The molecule has 0 saturated heterocycles. The van der Waals surface area contributed by atoms with Crippen LogP contribution in [0.15, 0.2) is 53.5 Å². The Balaban J connectivity index is 0.000000616. The topological polar surface area (TPSA) is 207 Å². The molecule has 2 aromatic heterocycles. The van der Waals surface area contributed by atoms with E-state index in [0.717, 1.165) is 4.68 Å². The van der Waals surface area contributed by atoms with Crippen LogP contribution in [0.4, 0.5) is 28.9 Å². The number of carboxylic acids is 1. The van der Waals surface area contributed by atoms with Gasteiger partial charge in [0.05, 0.1) is 19.9 Å². The highest BCUT2D eigenvalue weighted by atomic mass is 19.4. The van der Waals surface area contributed by atoms with Gasteiger partial charge in [-0.05, 0) is 42.5 Å². The lowest BCUT2D eigenvalue weighted by atomic mass is 10.1. The second-order valence-electron chi connectivity index (χ2n) is 8.21. The molecule has 4 rings (SSSR count). The number of nitrogens with one attached hydrogen (secondary N) is 3. The number of aromatic amines is 1. The van der Waals surface area contributed by atoms with Crippen LogP contribution < -0.4 is 31.9 Å². The van der Waals surface area contributed by atoms with Gasteiger partial charge in [-0.1, -0.05) is 0 Å². The van der Waals surface area contributed by atoms with Crippen molar-refractivity contribution >= 4 is 23.2 Å². The van der Waals surface area contributed by atoms with Gasteiger partial charge < -0.3 is 31.4 Å². The van der Waals surface area contributed by atoms with Crippen molar-refractivity contribution in [2.24, 2.45) is 5.73 Å². The number of methoxy groups -OCH3 is 2. The fraction of sp³-hybridized carbons (Fsp3) is 0.160. The number of carbonyl (C=O) groups is 1. The van der Waals surface area contributed by atoms with Crippen molar-refractivity contribution in [2.45, 2.75) is 12.7 Å². The average molecular weight is 593 g/mol. The van der Waals surface area contributed by atoms with E-state index in [1.165, 1.54) is 26.5 Å². The lowest BCUT2D eigenvalue weighted by Crippen LogP contribution is -2.21. The Labute approximate surface area is 234 Å². The van der Waals surface area contributed by atoms with Crippen LogP contribution in [0.3, 0.4) is 0 Å². The third kappa shape index (κ3) is 6.93. The number of rotatable bonds is 8. The molecule has 8 N–H and O–H groups in total. The first-order valence-electron chi connectivity index (χ1n) is 11.6. The third-order valence-electron chi connectivity index (χ3n) is 5.48. The van der Waals surface area contributed by atoms with Gasteiger partial charge in [-0.2, -0.15) is 17.9 Å². The van der Waals surface area contributed by atoms with Crippen LogP contribution in [0.1, 0.15) is 11.1 Å². The number of aromatic nitrogens is 4. The summed E-state index contributed by atoms with van der Waals surface area (Å²) in [5.74, 6) is -3.21. The zero-order valence-corrected chi connectivity index (χ0v) is 21.9. The summed E-state index contributed by atoms with van der Waals surface area (Å²) in [6.07, 6.45) is -3.61. The van der Waals surface area contributed by atoms with Crippen molar-refractivity contribution in [1.29, 1.82) is 5.41 Å². The van der Waals surface area contributed by atoms with E-state index in [4.69, 9.17) is 36.3 Å². The molecule has 222 valence electrons. The molecule has 0 aliphatic rings. The fourth-order valence-corrected chi connectivity index (χ4v) is 3.50. The number of nitrogen functional groups attached to an aromatic ring is 2. The molecule has 0 amide bonds. The van der Waals surface area contributed by atoms with Crippen molar-refractivity contribution in [2.75, 3.05) is 25.3 Å². The van der Waals surface area contributed by atoms with Crippen molar-refractivity contribution in [3.63, 3.8) is 0 Å². The molecular weight excluding hydrogens is 568 g/mol. The summed E-state index contributed by atoms with van der Waals surface area (Å²) >= 11 is 0. The molecule has 0 bridgehead atoms. The van der Waals surface area contributed by atoms with Gasteiger partial charge in [0.2, 0.25) is 0 Å². The number of hydrogen-bond donors (Lipinski definition) is 6. The van der Waals surface area contributed by atoms with Crippen LogP contribution in [0.2, 0.25) is 0 Å². The first kappa shape index (κ1) is 30.9. The number of aliphatic carboxylic acids is 1. The highest BCUT2D eigenvalue weighted by Gasteiger charge is 2.38. The summed E-state index contributed by atoms with van der Waals surface area (Å²) in [4.78, 5) is 28.2. The fourth-order valence-electron chi connectivity index (χ4n) is 3.50. The summed E-state index contributed by atoms with van der Waals surface area (Å²) in [6.45, 7) is 0.105. The van der Waals surface area contributed by atoms with E-state index < -0.39 is 23.7 Å². The Morgan fingerprint density at radius 2 is 1.83 bits per heavy atom. The SMILES string of the molecule is COc1cc(CNc2ccc(C(=N)N)cc2)c(F)c(OC)c1-c1nn(-c2ncccc2N)c(=O)[nH]1.O=C(O)C(F)(F)F. The Morgan fingerprint density at radius 3 is 2.36 bits per heavy atom. The average Bonchev–Trinajstić information content (AvgIpc) is 3.32. The number of amidine groups is 1. The smallest absolute Gasteiger partial charge is 0.490 e. The van der Waals surface area contributed by atoms with Gasteiger partial charge in [-0.25, -0.2) is 19.0 Å². The van der Waals surface area contributed by atoms with Crippen LogP contribution in [0.25, 0.3) is 17.2 Å². The molecule has 0 fully saturated rings. The summed E-state index contributed by atoms with van der Waals surface area (Å²) in [6, 6.07) is 11.5. The van der Waals surface area contributed by atoms with Crippen molar-refractivity contribution in [1.82, 2.24) is 19.7 Å². The van der Waals surface area contributed by atoms with Crippen LogP contribution in [0, 0.1) is 11.2 Å². The van der Waals surface area contributed by atoms with E-state index in [2.05, 4.69) is 20.4 Å². The second kappa shape index (κ2) is 12.7. The van der Waals surface area contributed by atoms with E-state index in [9.17, 15) is 18.0 Å². The highest BCUT2D eigenvalue weighted by Crippen LogP contribution is 2.40. The van der Waals surface area contributed by atoms with E-state index in [1.807, 2.05) is 0 Å². The lowest BCUT2D eigenvalue weighted by molar-refractivity contribution is -0.192. The predicted molar refractivity (Wildman–Crippen MR) is 143 cm³/mol. The molecule has 2 heterocycles. The minimum absolute atomic E-state index is 0.0204. The molecule has 0 spiro atoms. The van der Waals surface area contributed by atoms with E-state index in [1.54, 1.807) is 36.4 Å². The van der Waals surface area contributed by atoms with Gasteiger partial charge in [0.15, 0.2) is 23.2 Å². The van der Waals surface area contributed by atoms with Crippen LogP contribution in [-0.2, 0) is 11.3 Å². The molecular formula is C25H24F4N8O5. The van der Waals surface area contributed by atoms with Crippen molar-refractivity contribution < 1.29 is 36.9 Å². The summed E-state index contributed by atoms with van der Waals surface area (Å²) in [5, 5.41) is 22.0. The zero-order valence-electron chi connectivity index (χ0n) is 21.9. The number of ether oxygens (including phenoxy) is 2. The Kier molecular flexibility index (Phi) is 9.36. The number of hydrogen-bond acceptors (Lipinski definition) is 9. The van der Waals surface area contributed by atoms with Gasteiger partial charge in [-0.3, -0.25) is 10.4 Å². The molecule has 4 aromatic rings. The minimum atomic E-state index is -5.08. The Morgan fingerprint density at radius 1 is 1.19 bits per heavy atom. The summed E-state index contributed by atoms with van der Waals surface area (Å²) in [5.41, 5.74) is 12.7. The standard InChI is InChI=1S/C23H23FN8O3.C2HF3O2/c1-34-16-10-13(11-29-14-7-5-12(6-8-14)20(26)27)18(24)19(35-2)17(16)21-30-23(33)32(31-21)22-15(25)4-3-9-28-22;3-2(4,5)1(6)7/h3-10,29H,11,25H2,1-2H3,(H3,26,27)(H,30,31,33);(H,6,7). The number of nitrogens with two attached hydrogens (primary N) is 2. The van der Waals surface area contributed by atoms with Crippen LogP contribution in [0.5, 0.6) is 11.5 Å². The maximum atomic E-state index is 15.5. The normalized spacial score (nSPS) is 10.8. The van der Waals surface area contributed by atoms with E-state index >= 15 is 4.39 Å². The van der Waals surface area contributed by atoms with Gasteiger partial charge in [0, 0.05) is 29.6 Å². The molecule has 0 radical (unpaired) electrons. The maximum absolute atomic E-state index is 15.5. The van der Waals surface area contributed by atoms with Crippen LogP contribution >= 0.6 is 0 Å². The molecule has 42 heavy (non-hydrogen) atoms. The number of anilines is 2. The van der Waals surface area contributed by atoms with Gasteiger partial charge in [0.1, 0.15) is 17.1 Å². The highest BCUT2D eigenvalue weighted by molar-refractivity contribution is 5.95. The number of carboxylic acid groups (broad SMARTS) is 1. The van der Waals surface area contributed by atoms with Gasteiger partial charge in [0.25, 0.3) is 0 Å². The molecule has 0 saturated carbocycles. The number of pyridine rings is 1. The largest absolute Gasteiger partial charge is 0.496 e. The maximum Gasteiger partial charge on any atom is 0.490 e.